The number of amides is 1. The van der Waals surface area contributed by atoms with E-state index in [1.807, 2.05) is 11.8 Å². The Kier molecular flexibility index (Phi) is 4.96. The third-order valence-electron chi connectivity index (χ3n) is 4.63. The number of rotatable bonds is 4. The molecule has 0 aliphatic heterocycles. The van der Waals surface area contributed by atoms with Crippen molar-refractivity contribution in [3.05, 3.63) is 0 Å². The van der Waals surface area contributed by atoms with Gasteiger partial charge in [-0.2, -0.15) is 11.8 Å². The lowest BCUT2D eigenvalue weighted by Crippen LogP contribution is -2.43. The first-order chi connectivity index (χ1) is 8.65. The molecule has 2 aliphatic carbocycles. The predicted molar refractivity (Wildman–Crippen MR) is 77.7 cm³/mol. The second-order valence-electron chi connectivity index (χ2n) is 5.94. The molecule has 0 aromatic heterocycles. The van der Waals surface area contributed by atoms with Crippen LogP contribution in [0.25, 0.3) is 0 Å². The lowest BCUT2D eigenvalue weighted by Gasteiger charge is -2.36. The van der Waals surface area contributed by atoms with E-state index in [2.05, 4.69) is 11.6 Å². The summed E-state index contributed by atoms with van der Waals surface area (Å²) >= 11 is 1.94. The normalized spacial score (nSPS) is 31.2. The molecule has 0 bridgehead atoms. The van der Waals surface area contributed by atoms with Crippen molar-refractivity contribution in [1.82, 2.24) is 5.32 Å². The van der Waals surface area contributed by atoms with Gasteiger partial charge in [0.05, 0.1) is 0 Å². The van der Waals surface area contributed by atoms with Crippen LogP contribution in [0.5, 0.6) is 0 Å². The fraction of sp³-hybridized carbons (Fsp3) is 0.929. The van der Waals surface area contributed by atoms with Gasteiger partial charge in [-0.1, -0.05) is 19.3 Å². The van der Waals surface area contributed by atoms with Crippen LogP contribution in [0.1, 0.15) is 51.4 Å². The number of hydrogen-bond acceptors (Lipinski definition) is 3. The Morgan fingerprint density at radius 3 is 2.61 bits per heavy atom. The van der Waals surface area contributed by atoms with E-state index in [4.69, 9.17) is 5.73 Å². The van der Waals surface area contributed by atoms with Gasteiger partial charge in [-0.25, -0.2) is 0 Å². The van der Waals surface area contributed by atoms with Crippen molar-refractivity contribution in [2.75, 3.05) is 12.8 Å². The number of carbonyl (C=O) groups excluding carboxylic acids is 1. The van der Waals surface area contributed by atoms with E-state index in [0.29, 0.717) is 4.75 Å². The largest absolute Gasteiger partial charge is 0.354 e. The highest BCUT2D eigenvalue weighted by Gasteiger charge is 2.33. The van der Waals surface area contributed by atoms with Gasteiger partial charge in [-0.3, -0.25) is 4.79 Å². The van der Waals surface area contributed by atoms with E-state index in [0.717, 1.165) is 25.8 Å². The van der Waals surface area contributed by atoms with Gasteiger partial charge < -0.3 is 11.1 Å². The molecule has 0 saturated heterocycles. The molecule has 0 heterocycles. The molecule has 104 valence electrons. The zero-order valence-electron chi connectivity index (χ0n) is 11.4. The molecule has 3 N–H and O–H groups in total. The molecule has 2 rings (SSSR count). The third-order valence-corrected chi connectivity index (χ3v) is 6.05. The molecule has 1 amide bonds. The van der Waals surface area contributed by atoms with Gasteiger partial charge in [-0.05, 0) is 38.4 Å². The highest BCUT2D eigenvalue weighted by molar-refractivity contribution is 8.00. The second kappa shape index (κ2) is 6.29. The summed E-state index contributed by atoms with van der Waals surface area (Å²) in [7, 11) is 0. The van der Waals surface area contributed by atoms with Crippen molar-refractivity contribution in [2.45, 2.75) is 62.2 Å². The molecule has 0 spiro atoms. The van der Waals surface area contributed by atoms with Crippen LogP contribution in [-0.2, 0) is 4.79 Å². The van der Waals surface area contributed by atoms with Gasteiger partial charge in [0.2, 0.25) is 5.91 Å². The fourth-order valence-electron chi connectivity index (χ4n) is 3.30. The molecule has 2 atom stereocenters. The summed E-state index contributed by atoms with van der Waals surface area (Å²) in [6.45, 7) is 0.846. The summed E-state index contributed by atoms with van der Waals surface area (Å²) in [4.78, 5) is 12.1. The van der Waals surface area contributed by atoms with E-state index in [1.165, 1.54) is 32.1 Å². The van der Waals surface area contributed by atoms with Crippen LogP contribution in [0.2, 0.25) is 0 Å². The standard InChI is InChI=1S/C14H26N2OS/c1-18-14(7-3-2-4-8-14)10-16-13(17)11-5-6-12(15)9-11/h11-12H,2-10,15H2,1H3,(H,16,17). The van der Waals surface area contributed by atoms with Crippen molar-refractivity contribution in [3.63, 3.8) is 0 Å². The van der Waals surface area contributed by atoms with Gasteiger partial charge in [-0.15, -0.1) is 0 Å². The number of nitrogens with two attached hydrogens (primary N) is 1. The van der Waals surface area contributed by atoms with Crippen LogP contribution < -0.4 is 11.1 Å². The molecular weight excluding hydrogens is 244 g/mol. The minimum atomic E-state index is 0.169. The van der Waals surface area contributed by atoms with Gasteiger partial charge in [0.25, 0.3) is 0 Å². The van der Waals surface area contributed by atoms with Gasteiger partial charge in [0.1, 0.15) is 0 Å². The molecule has 0 aromatic carbocycles. The lowest BCUT2D eigenvalue weighted by atomic mass is 9.88. The fourth-order valence-corrected chi connectivity index (χ4v) is 4.21. The smallest absolute Gasteiger partial charge is 0.223 e. The van der Waals surface area contributed by atoms with Gasteiger partial charge in [0.15, 0.2) is 0 Å². The first kappa shape index (κ1) is 14.2. The Hall–Kier alpha value is -0.220. The predicted octanol–water partition coefficient (Wildman–Crippen LogP) is 2.30. The van der Waals surface area contributed by atoms with Gasteiger partial charge >= 0.3 is 0 Å². The van der Waals surface area contributed by atoms with Crippen LogP contribution in [0, 0.1) is 5.92 Å². The van der Waals surface area contributed by atoms with Crippen LogP contribution in [0.3, 0.4) is 0 Å². The monoisotopic (exact) mass is 270 g/mol. The minimum absolute atomic E-state index is 0.169. The van der Waals surface area contributed by atoms with Crippen LogP contribution in [0.15, 0.2) is 0 Å². The number of hydrogen-bond donors (Lipinski definition) is 2. The third kappa shape index (κ3) is 3.41. The number of carbonyl (C=O) groups is 1. The van der Waals surface area contributed by atoms with Crippen LogP contribution >= 0.6 is 11.8 Å². The van der Waals surface area contributed by atoms with Crippen molar-refractivity contribution in [1.29, 1.82) is 0 Å². The highest BCUT2D eigenvalue weighted by atomic mass is 32.2. The Balaban J connectivity index is 1.80. The second-order valence-corrected chi connectivity index (χ2v) is 7.21. The van der Waals surface area contributed by atoms with Crippen LogP contribution in [-0.4, -0.2) is 29.5 Å². The zero-order chi connectivity index (χ0) is 13.0. The quantitative estimate of drug-likeness (QED) is 0.824. The summed E-state index contributed by atoms with van der Waals surface area (Å²) < 4.78 is 0.300. The number of nitrogens with one attached hydrogen (secondary N) is 1. The summed E-state index contributed by atoms with van der Waals surface area (Å²) in [6, 6.07) is 0.241. The Morgan fingerprint density at radius 2 is 2.06 bits per heavy atom. The Bertz CT molecular complexity index is 290. The molecule has 3 nitrogen and oxygen atoms in total. The molecule has 0 radical (unpaired) electrons. The molecule has 0 aromatic rings. The van der Waals surface area contributed by atoms with Gasteiger partial charge in [0, 0.05) is 23.3 Å². The maximum atomic E-state index is 12.1. The average Bonchev–Trinajstić information content (AvgIpc) is 2.84. The Labute approximate surface area is 115 Å². The van der Waals surface area contributed by atoms with Crippen molar-refractivity contribution in [3.8, 4) is 0 Å². The first-order valence-corrected chi connectivity index (χ1v) is 8.46. The maximum absolute atomic E-state index is 12.1. The maximum Gasteiger partial charge on any atom is 0.223 e. The average molecular weight is 270 g/mol. The van der Waals surface area contributed by atoms with E-state index >= 15 is 0 Å². The lowest BCUT2D eigenvalue weighted by molar-refractivity contribution is -0.125. The zero-order valence-corrected chi connectivity index (χ0v) is 12.2. The summed E-state index contributed by atoms with van der Waals surface area (Å²) in [5.74, 6) is 0.407. The molecule has 2 aliphatic rings. The minimum Gasteiger partial charge on any atom is -0.354 e. The topological polar surface area (TPSA) is 55.1 Å². The molecule has 18 heavy (non-hydrogen) atoms. The molecule has 2 fully saturated rings. The summed E-state index contributed by atoms with van der Waals surface area (Å²) in [5.41, 5.74) is 5.87. The van der Waals surface area contributed by atoms with Crippen molar-refractivity contribution in [2.24, 2.45) is 11.7 Å². The van der Waals surface area contributed by atoms with Crippen LogP contribution in [0.4, 0.5) is 0 Å². The molecular formula is C14H26N2OS. The number of thioether (sulfide) groups is 1. The Morgan fingerprint density at radius 1 is 1.33 bits per heavy atom. The van der Waals surface area contributed by atoms with E-state index in [-0.39, 0.29) is 17.9 Å². The first-order valence-electron chi connectivity index (χ1n) is 7.24. The van der Waals surface area contributed by atoms with E-state index in [1.54, 1.807) is 0 Å². The van der Waals surface area contributed by atoms with E-state index in [9.17, 15) is 4.79 Å². The summed E-state index contributed by atoms with van der Waals surface area (Å²) in [6.07, 6.45) is 11.5. The van der Waals surface area contributed by atoms with Crippen molar-refractivity contribution < 1.29 is 4.79 Å². The molecule has 2 unspecified atom stereocenters. The van der Waals surface area contributed by atoms with Crippen molar-refractivity contribution >= 4 is 17.7 Å². The molecule has 4 heteroatoms. The molecule has 2 saturated carbocycles. The highest BCUT2D eigenvalue weighted by Crippen LogP contribution is 2.38. The van der Waals surface area contributed by atoms with E-state index < -0.39 is 0 Å². The summed E-state index contributed by atoms with van der Waals surface area (Å²) in [5, 5.41) is 3.19. The SMILES string of the molecule is CSC1(CNC(=O)C2CCC(N)C2)CCCCC1.